The number of halogens is 1. The predicted molar refractivity (Wildman–Crippen MR) is 123 cm³/mol. The van der Waals surface area contributed by atoms with E-state index < -0.39 is 33.8 Å². The molecule has 1 aliphatic rings. The van der Waals surface area contributed by atoms with Crippen LogP contribution in [0.5, 0.6) is 0 Å². The summed E-state index contributed by atoms with van der Waals surface area (Å²) in [5, 5.41) is 0. The molecule has 32 heavy (non-hydrogen) atoms. The van der Waals surface area contributed by atoms with Gasteiger partial charge in [0.1, 0.15) is 11.4 Å². The van der Waals surface area contributed by atoms with E-state index in [1.165, 1.54) is 12.1 Å². The zero-order chi connectivity index (χ0) is 23.5. The van der Waals surface area contributed by atoms with Crippen molar-refractivity contribution in [3.05, 3.63) is 59.9 Å². The summed E-state index contributed by atoms with van der Waals surface area (Å²) in [6, 6.07) is 13.2. The number of hydrogen-bond donors (Lipinski definition) is 1. The molecule has 1 N–H and O–H groups in total. The average Bonchev–Trinajstić information content (AvgIpc) is 3.08. The molecule has 3 rings (SSSR count). The van der Waals surface area contributed by atoms with Gasteiger partial charge in [-0.15, -0.1) is 0 Å². The third-order valence-electron chi connectivity index (χ3n) is 5.41. The van der Waals surface area contributed by atoms with Crippen LogP contribution in [0.1, 0.15) is 39.7 Å². The summed E-state index contributed by atoms with van der Waals surface area (Å²) < 4.78 is 46.5. The van der Waals surface area contributed by atoms with Crippen LogP contribution < -0.4 is 4.72 Å². The molecule has 0 unspecified atom stereocenters. The molecule has 0 aromatic heterocycles. The highest BCUT2D eigenvalue weighted by molar-refractivity contribution is 7.89. The van der Waals surface area contributed by atoms with Crippen LogP contribution in [0.2, 0.25) is 0 Å². The van der Waals surface area contributed by atoms with Gasteiger partial charge in [0.15, 0.2) is 0 Å². The molecule has 6 nitrogen and oxygen atoms in total. The fraction of sp³-hybridized carbons (Fsp3) is 0.458. The standard InChI is InChI=1S/C24H31FN2O4S/c1-5-32(29,30)26-21-12-13-27(23(28)31-24(2,3)4)22(21)15-17-8-6-9-18(14-17)19-10-7-11-20(25)16-19/h6-11,14,16,21-22,26H,5,12-13,15H2,1-4H3/t21-,22-/m0/s1. The van der Waals surface area contributed by atoms with E-state index in [4.69, 9.17) is 4.74 Å². The van der Waals surface area contributed by atoms with Gasteiger partial charge in [-0.2, -0.15) is 0 Å². The SMILES string of the molecule is CCS(=O)(=O)N[C@H]1CCN(C(=O)OC(C)(C)C)[C@H]1Cc1cccc(-c2cccc(F)c2)c1. The van der Waals surface area contributed by atoms with E-state index in [9.17, 15) is 17.6 Å². The lowest BCUT2D eigenvalue weighted by Crippen LogP contribution is -2.49. The number of rotatable bonds is 6. The fourth-order valence-corrected chi connectivity index (χ4v) is 4.79. The van der Waals surface area contributed by atoms with Crippen LogP contribution in [0.15, 0.2) is 48.5 Å². The van der Waals surface area contributed by atoms with E-state index >= 15 is 0 Å². The van der Waals surface area contributed by atoms with Crippen LogP contribution in [0.3, 0.4) is 0 Å². The molecule has 0 radical (unpaired) electrons. The number of sulfonamides is 1. The van der Waals surface area contributed by atoms with Crippen LogP contribution >= 0.6 is 0 Å². The largest absolute Gasteiger partial charge is 0.444 e. The van der Waals surface area contributed by atoms with Crippen molar-refractivity contribution in [3.8, 4) is 11.1 Å². The zero-order valence-electron chi connectivity index (χ0n) is 19.0. The van der Waals surface area contributed by atoms with E-state index in [1.54, 1.807) is 38.7 Å². The van der Waals surface area contributed by atoms with Gasteiger partial charge in [-0.05, 0) is 69.4 Å². The Bertz CT molecular complexity index is 1070. The fourth-order valence-electron chi connectivity index (χ4n) is 3.89. The van der Waals surface area contributed by atoms with Gasteiger partial charge in [0, 0.05) is 12.6 Å². The smallest absolute Gasteiger partial charge is 0.410 e. The molecule has 0 bridgehead atoms. The summed E-state index contributed by atoms with van der Waals surface area (Å²) >= 11 is 0. The first-order valence-electron chi connectivity index (χ1n) is 10.8. The van der Waals surface area contributed by atoms with Crippen LogP contribution in [-0.4, -0.2) is 49.4 Å². The molecule has 1 fully saturated rings. The minimum Gasteiger partial charge on any atom is -0.444 e. The number of nitrogens with zero attached hydrogens (tertiary/aromatic N) is 1. The highest BCUT2D eigenvalue weighted by Crippen LogP contribution is 2.27. The molecule has 2 atom stereocenters. The number of likely N-dealkylation sites (tertiary alicyclic amines) is 1. The number of carbonyl (C=O) groups is 1. The van der Waals surface area contributed by atoms with E-state index in [0.717, 1.165) is 16.7 Å². The Morgan fingerprint density at radius 2 is 1.81 bits per heavy atom. The van der Waals surface area contributed by atoms with Crippen LogP contribution in [0.25, 0.3) is 11.1 Å². The van der Waals surface area contributed by atoms with Gasteiger partial charge in [0.05, 0.1) is 11.8 Å². The first-order chi connectivity index (χ1) is 15.0. The maximum atomic E-state index is 13.7. The molecule has 2 aromatic carbocycles. The van der Waals surface area contributed by atoms with Gasteiger partial charge in [0.2, 0.25) is 10.0 Å². The maximum absolute atomic E-state index is 13.7. The monoisotopic (exact) mass is 462 g/mol. The minimum absolute atomic E-state index is 0.0300. The molecule has 1 saturated heterocycles. The van der Waals surface area contributed by atoms with E-state index in [-0.39, 0.29) is 11.6 Å². The van der Waals surface area contributed by atoms with Crippen LogP contribution in [0, 0.1) is 5.82 Å². The lowest BCUT2D eigenvalue weighted by atomic mass is 9.97. The van der Waals surface area contributed by atoms with Gasteiger partial charge < -0.3 is 9.64 Å². The number of hydrogen-bond acceptors (Lipinski definition) is 4. The number of carbonyl (C=O) groups excluding carboxylic acids is 1. The molecule has 0 aliphatic carbocycles. The summed E-state index contributed by atoms with van der Waals surface area (Å²) in [6.45, 7) is 7.39. The molecular weight excluding hydrogens is 431 g/mol. The van der Waals surface area contributed by atoms with Crippen molar-refractivity contribution in [1.29, 1.82) is 0 Å². The van der Waals surface area contributed by atoms with Crippen molar-refractivity contribution >= 4 is 16.1 Å². The second kappa shape index (κ2) is 9.58. The molecule has 0 saturated carbocycles. The Morgan fingerprint density at radius 3 is 2.44 bits per heavy atom. The first kappa shape index (κ1) is 24.2. The van der Waals surface area contributed by atoms with Gasteiger partial charge in [0.25, 0.3) is 0 Å². The van der Waals surface area contributed by atoms with E-state index in [1.807, 2.05) is 30.3 Å². The van der Waals surface area contributed by atoms with Crippen LogP contribution in [-0.2, 0) is 21.2 Å². The summed E-state index contributed by atoms with van der Waals surface area (Å²) in [4.78, 5) is 14.5. The molecule has 1 amide bonds. The van der Waals surface area contributed by atoms with Gasteiger partial charge in [-0.3, -0.25) is 0 Å². The lowest BCUT2D eigenvalue weighted by Gasteiger charge is -2.31. The third-order valence-corrected chi connectivity index (χ3v) is 6.84. The minimum atomic E-state index is -3.44. The molecule has 0 spiro atoms. The number of benzene rings is 2. The van der Waals surface area contributed by atoms with E-state index in [0.29, 0.717) is 19.4 Å². The highest BCUT2D eigenvalue weighted by Gasteiger charge is 2.40. The van der Waals surface area contributed by atoms with Crippen molar-refractivity contribution in [2.45, 2.75) is 58.2 Å². The van der Waals surface area contributed by atoms with Gasteiger partial charge in [-0.1, -0.05) is 36.4 Å². The summed E-state index contributed by atoms with van der Waals surface area (Å²) in [7, 11) is -3.44. The Hall–Kier alpha value is -2.45. The zero-order valence-corrected chi connectivity index (χ0v) is 19.8. The normalized spacial score (nSPS) is 19.2. The predicted octanol–water partition coefficient (Wildman–Crippen LogP) is 4.35. The molecule has 174 valence electrons. The highest BCUT2D eigenvalue weighted by atomic mass is 32.2. The third kappa shape index (κ3) is 6.29. The van der Waals surface area contributed by atoms with E-state index in [2.05, 4.69) is 4.72 Å². The van der Waals surface area contributed by atoms with Crippen molar-refractivity contribution in [2.24, 2.45) is 0 Å². The Kier molecular flexibility index (Phi) is 7.25. The average molecular weight is 463 g/mol. The quantitative estimate of drug-likeness (QED) is 0.692. The maximum Gasteiger partial charge on any atom is 0.410 e. The summed E-state index contributed by atoms with van der Waals surface area (Å²) in [5.41, 5.74) is 1.88. The number of ether oxygens (including phenoxy) is 1. The molecule has 1 aliphatic heterocycles. The first-order valence-corrected chi connectivity index (χ1v) is 12.5. The number of amides is 1. The Labute approximate surface area is 189 Å². The van der Waals surface area contributed by atoms with Crippen LogP contribution in [0.4, 0.5) is 9.18 Å². The molecule has 1 heterocycles. The Morgan fingerprint density at radius 1 is 1.16 bits per heavy atom. The second-order valence-corrected chi connectivity index (χ2v) is 11.1. The molecule has 8 heteroatoms. The summed E-state index contributed by atoms with van der Waals surface area (Å²) in [5.74, 6) is -0.341. The van der Waals surface area contributed by atoms with Gasteiger partial charge >= 0.3 is 6.09 Å². The summed E-state index contributed by atoms with van der Waals surface area (Å²) in [6.07, 6.45) is 0.494. The Balaban J connectivity index is 1.88. The lowest BCUT2D eigenvalue weighted by molar-refractivity contribution is 0.0218. The van der Waals surface area contributed by atoms with Crippen molar-refractivity contribution in [3.63, 3.8) is 0 Å². The van der Waals surface area contributed by atoms with Crippen molar-refractivity contribution < 1.29 is 22.3 Å². The number of nitrogens with one attached hydrogen (secondary N) is 1. The molecular formula is C24H31FN2O4S. The van der Waals surface area contributed by atoms with Gasteiger partial charge in [-0.25, -0.2) is 22.3 Å². The topological polar surface area (TPSA) is 75.7 Å². The molecule has 2 aromatic rings. The second-order valence-electron chi connectivity index (χ2n) is 9.07. The van der Waals surface area contributed by atoms with Crippen molar-refractivity contribution in [1.82, 2.24) is 9.62 Å². The van der Waals surface area contributed by atoms with Crippen molar-refractivity contribution in [2.75, 3.05) is 12.3 Å².